The normalized spacial score (nSPS) is 8.70. The van der Waals surface area contributed by atoms with Gasteiger partial charge in [0.15, 0.2) is 0 Å². The van der Waals surface area contributed by atoms with E-state index >= 15 is 0 Å². The largest absolute Gasteiger partial charge is 0.471 e. The summed E-state index contributed by atoms with van der Waals surface area (Å²) >= 11 is 6.53. The summed E-state index contributed by atoms with van der Waals surface area (Å²) in [6.45, 7) is 19.0. The number of anilines is 2. The van der Waals surface area contributed by atoms with Gasteiger partial charge < -0.3 is 20.7 Å². The molecule has 0 aliphatic heterocycles. The molecule has 1 amide bonds. The molecular weight excluding hydrogens is 506 g/mol. The lowest BCUT2D eigenvalue weighted by Gasteiger charge is -2.14. The first kappa shape index (κ1) is 39.0. The van der Waals surface area contributed by atoms with E-state index in [4.69, 9.17) is 16.4 Å². The zero-order chi connectivity index (χ0) is 29.1. The molecule has 8 heteroatoms. The van der Waals surface area contributed by atoms with Crippen molar-refractivity contribution in [2.75, 3.05) is 30.7 Å². The minimum atomic E-state index is -0.103. The summed E-state index contributed by atoms with van der Waals surface area (Å²) in [5.41, 5.74) is 2.88. The minimum absolute atomic E-state index is 0.103. The number of methoxy groups -OCH3 is 1. The van der Waals surface area contributed by atoms with Crippen LogP contribution in [-0.4, -0.2) is 32.4 Å². The fraction of sp³-hybridized carbons (Fsp3) is 0.517. The Balaban J connectivity index is -0.000000635. The fourth-order valence-electron chi connectivity index (χ4n) is 2.55. The molecule has 2 aromatic rings. The van der Waals surface area contributed by atoms with Crippen LogP contribution in [0.1, 0.15) is 88.0 Å². The van der Waals surface area contributed by atoms with Crippen molar-refractivity contribution in [1.82, 2.24) is 5.32 Å². The molecule has 0 aliphatic carbocycles. The number of carbonyl (C=O) groups is 2. The maximum Gasteiger partial charge on any atom is 0.292 e. The van der Waals surface area contributed by atoms with Crippen LogP contribution in [0, 0.1) is 6.92 Å². The average Bonchev–Trinajstić information content (AvgIpc) is 3.25. The Labute approximate surface area is 235 Å². The van der Waals surface area contributed by atoms with Gasteiger partial charge in [0.1, 0.15) is 10.8 Å². The lowest BCUT2D eigenvalue weighted by molar-refractivity contribution is -0.126. The molecule has 3 N–H and O–H groups in total. The molecule has 1 aromatic heterocycles. The Kier molecular flexibility index (Phi) is 29.6. The molecule has 212 valence electrons. The van der Waals surface area contributed by atoms with Crippen LogP contribution in [0.4, 0.5) is 10.7 Å². The molecule has 0 fully saturated rings. The van der Waals surface area contributed by atoms with Gasteiger partial charge in [-0.05, 0) is 31.0 Å². The van der Waals surface area contributed by atoms with Crippen LogP contribution in [0.2, 0.25) is 0 Å². The molecule has 0 saturated carbocycles. The first-order valence-corrected chi connectivity index (χ1v) is 14.2. The molecule has 0 spiro atoms. The number of alkyl halides is 1. The first-order chi connectivity index (χ1) is 17.7. The van der Waals surface area contributed by atoms with E-state index in [2.05, 4.69) is 68.0 Å². The summed E-state index contributed by atoms with van der Waals surface area (Å²) in [4.78, 5) is 21.9. The Bertz CT molecular complexity index is 838. The predicted molar refractivity (Wildman–Crippen MR) is 165 cm³/mol. The molecule has 37 heavy (non-hydrogen) atoms. The Morgan fingerprint density at radius 2 is 1.59 bits per heavy atom. The van der Waals surface area contributed by atoms with Crippen LogP contribution in [0.25, 0.3) is 0 Å². The third-order valence-corrected chi connectivity index (χ3v) is 5.04. The van der Waals surface area contributed by atoms with Crippen molar-refractivity contribution in [2.45, 2.75) is 80.6 Å². The molecule has 0 aliphatic rings. The first-order valence-electron chi connectivity index (χ1n) is 12.9. The summed E-state index contributed by atoms with van der Waals surface area (Å²) in [5.74, 6) is 1.27. The third-order valence-electron chi connectivity index (χ3n) is 4.08. The third kappa shape index (κ3) is 21.3. The molecule has 0 unspecified atom stereocenters. The number of halogens is 1. The number of unbranched alkanes of at least 4 members (excludes halogenated alkanes) is 2. The van der Waals surface area contributed by atoms with E-state index in [0.717, 1.165) is 27.9 Å². The number of ether oxygens (including phenoxy) is 1. The van der Waals surface area contributed by atoms with E-state index in [1.165, 1.54) is 49.7 Å². The second-order valence-corrected chi connectivity index (χ2v) is 9.37. The SMILES string of the molecule is C=C(Nc1ccccc1CC)Nc1sc(C)cc1C(=O)NC.CCC.CCCCC.CCCl.COC=O. The topological polar surface area (TPSA) is 79.5 Å². The number of carbonyl (C=O) groups excluding carboxylic acids is 2. The summed E-state index contributed by atoms with van der Waals surface area (Å²) in [6, 6.07) is 9.98. The molecule has 0 radical (unpaired) electrons. The van der Waals surface area contributed by atoms with Gasteiger partial charge in [0, 0.05) is 23.5 Å². The van der Waals surface area contributed by atoms with E-state index in [-0.39, 0.29) is 5.91 Å². The molecule has 1 heterocycles. The molecular formula is C29H50ClN3O3S. The van der Waals surface area contributed by atoms with Gasteiger partial charge >= 0.3 is 0 Å². The zero-order valence-corrected chi connectivity index (χ0v) is 26.0. The summed E-state index contributed by atoms with van der Waals surface area (Å²) in [7, 11) is 2.94. The van der Waals surface area contributed by atoms with E-state index in [9.17, 15) is 4.79 Å². The van der Waals surface area contributed by atoms with E-state index in [1.807, 2.05) is 38.1 Å². The minimum Gasteiger partial charge on any atom is -0.471 e. The maximum atomic E-state index is 11.9. The smallest absolute Gasteiger partial charge is 0.292 e. The van der Waals surface area contributed by atoms with Crippen molar-refractivity contribution in [3.63, 3.8) is 0 Å². The number of hydrogen-bond donors (Lipinski definition) is 3. The van der Waals surface area contributed by atoms with Gasteiger partial charge in [-0.3, -0.25) is 9.59 Å². The van der Waals surface area contributed by atoms with Gasteiger partial charge in [-0.1, -0.05) is 92.0 Å². The van der Waals surface area contributed by atoms with Crippen LogP contribution in [0.3, 0.4) is 0 Å². The molecule has 0 atom stereocenters. The number of para-hydroxylation sites is 1. The van der Waals surface area contributed by atoms with Crippen LogP contribution in [-0.2, 0) is 16.0 Å². The zero-order valence-electron chi connectivity index (χ0n) is 24.4. The maximum absolute atomic E-state index is 11.9. The highest BCUT2D eigenvalue weighted by molar-refractivity contribution is 7.16. The van der Waals surface area contributed by atoms with Crippen molar-refractivity contribution >= 4 is 46.0 Å². The van der Waals surface area contributed by atoms with Crippen LogP contribution < -0.4 is 16.0 Å². The molecule has 0 saturated heterocycles. The van der Waals surface area contributed by atoms with Gasteiger partial charge in [0.25, 0.3) is 12.4 Å². The highest BCUT2D eigenvalue weighted by atomic mass is 35.5. The van der Waals surface area contributed by atoms with Gasteiger partial charge in [-0.2, -0.15) is 0 Å². The highest BCUT2D eigenvalue weighted by Gasteiger charge is 2.14. The Morgan fingerprint density at radius 3 is 2.00 bits per heavy atom. The lowest BCUT2D eigenvalue weighted by Crippen LogP contribution is -2.19. The Hall–Kier alpha value is -2.51. The van der Waals surface area contributed by atoms with E-state index < -0.39 is 0 Å². The van der Waals surface area contributed by atoms with Crippen LogP contribution in [0.15, 0.2) is 42.7 Å². The van der Waals surface area contributed by atoms with Crippen molar-refractivity contribution < 1.29 is 14.3 Å². The highest BCUT2D eigenvalue weighted by Crippen LogP contribution is 2.29. The second-order valence-electron chi connectivity index (χ2n) is 7.58. The summed E-state index contributed by atoms with van der Waals surface area (Å²) in [6.07, 6.45) is 6.27. The van der Waals surface area contributed by atoms with E-state index in [1.54, 1.807) is 7.05 Å². The average molecular weight is 556 g/mol. The predicted octanol–water partition coefficient (Wildman–Crippen LogP) is 8.62. The van der Waals surface area contributed by atoms with Gasteiger partial charge in [0.05, 0.1) is 12.7 Å². The van der Waals surface area contributed by atoms with Gasteiger partial charge in [-0.25, -0.2) is 0 Å². The number of amides is 1. The number of thiophene rings is 1. The quantitative estimate of drug-likeness (QED) is 0.213. The number of rotatable bonds is 9. The van der Waals surface area contributed by atoms with Crippen molar-refractivity contribution in [3.05, 3.63) is 58.7 Å². The number of hydrogen-bond acceptors (Lipinski definition) is 6. The van der Waals surface area contributed by atoms with Gasteiger partial charge in [-0.15, -0.1) is 22.9 Å². The standard InChI is InChI=1S/C17H21N3OS.C5H12.C3H8.C2H5Cl.C2H4O2/c1-5-13-8-6-7-9-15(13)19-12(3)20-17-14(16(21)18-4)10-11(2)22-17;1-3-5-4-2;1-3-2;1-2-3;1-4-2-3/h6-10,19-20H,3,5H2,1-2,4H3,(H,18,21);3-5H2,1-2H3;3H2,1-2H3;2H2,1H3;2H,1H3. The van der Waals surface area contributed by atoms with E-state index in [0.29, 0.717) is 17.9 Å². The number of aryl methyl sites for hydroxylation is 2. The lowest BCUT2D eigenvalue weighted by atomic mass is 10.1. The van der Waals surface area contributed by atoms with Crippen molar-refractivity contribution in [2.24, 2.45) is 0 Å². The van der Waals surface area contributed by atoms with Crippen molar-refractivity contribution in [1.29, 1.82) is 0 Å². The summed E-state index contributed by atoms with van der Waals surface area (Å²) < 4.78 is 3.86. The molecule has 1 aromatic carbocycles. The second kappa shape index (κ2) is 28.1. The number of benzene rings is 1. The van der Waals surface area contributed by atoms with Crippen LogP contribution in [0.5, 0.6) is 0 Å². The molecule has 2 rings (SSSR count). The molecule has 0 bridgehead atoms. The van der Waals surface area contributed by atoms with Crippen molar-refractivity contribution in [3.8, 4) is 0 Å². The fourth-order valence-corrected chi connectivity index (χ4v) is 3.48. The number of nitrogens with one attached hydrogen (secondary N) is 3. The van der Waals surface area contributed by atoms with Gasteiger partial charge in [0.2, 0.25) is 0 Å². The van der Waals surface area contributed by atoms with Crippen LogP contribution >= 0.6 is 22.9 Å². The molecule has 6 nitrogen and oxygen atoms in total. The monoisotopic (exact) mass is 555 g/mol. The summed E-state index contributed by atoms with van der Waals surface area (Å²) in [5, 5.41) is 9.92. The Morgan fingerprint density at radius 1 is 1.08 bits per heavy atom.